The summed E-state index contributed by atoms with van der Waals surface area (Å²) in [5.41, 5.74) is 1.94. The van der Waals surface area contributed by atoms with Crippen molar-refractivity contribution in [2.45, 2.75) is 25.7 Å². The van der Waals surface area contributed by atoms with Gasteiger partial charge in [0.25, 0.3) is 5.91 Å². The van der Waals surface area contributed by atoms with Gasteiger partial charge < -0.3 is 4.90 Å². The zero-order valence-electron chi connectivity index (χ0n) is 14.7. The van der Waals surface area contributed by atoms with E-state index in [1.165, 1.54) is 22.7 Å². The molecule has 0 unspecified atom stereocenters. The van der Waals surface area contributed by atoms with Gasteiger partial charge in [-0.15, -0.1) is 0 Å². The molecule has 0 spiro atoms. The summed E-state index contributed by atoms with van der Waals surface area (Å²) in [6, 6.07) is 8.69. The van der Waals surface area contributed by atoms with Crippen LogP contribution in [0.4, 0.5) is 0 Å². The summed E-state index contributed by atoms with van der Waals surface area (Å²) in [7, 11) is 0. The van der Waals surface area contributed by atoms with Crippen molar-refractivity contribution in [1.29, 1.82) is 0 Å². The highest BCUT2D eigenvalue weighted by Gasteiger charge is 2.22. The molecule has 5 nitrogen and oxygen atoms in total. The summed E-state index contributed by atoms with van der Waals surface area (Å²) in [6.07, 6.45) is 12.7. The first-order valence-electron chi connectivity index (χ1n) is 9.16. The third-order valence-corrected chi connectivity index (χ3v) is 5.17. The average molecular weight is 346 g/mol. The van der Waals surface area contributed by atoms with Gasteiger partial charge in [0.15, 0.2) is 0 Å². The van der Waals surface area contributed by atoms with Crippen LogP contribution >= 0.6 is 0 Å². The van der Waals surface area contributed by atoms with E-state index < -0.39 is 0 Å². The predicted molar refractivity (Wildman–Crippen MR) is 101 cm³/mol. The Bertz CT molecular complexity index is 897. The van der Waals surface area contributed by atoms with Crippen LogP contribution in [0.1, 0.15) is 35.2 Å². The first-order valence-corrected chi connectivity index (χ1v) is 9.16. The molecule has 5 heteroatoms. The van der Waals surface area contributed by atoms with Crippen LogP contribution in [0.25, 0.3) is 10.8 Å². The lowest BCUT2D eigenvalue weighted by atomic mass is 9.92. The minimum atomic E-state index is 0.0458. The van der Waals surface area contributed by atoms with Gasteiger partial charge >= 0.3 is 0 Å². The monoisotopic (exact) mass is 346 g/mol. The van der Waals surface area contributed by atoms with Gasteiger partial charge in [0.2, 0.25) is 0 Å². The summed E-state index contributed by atoms with van der Waals surface area (Å²) in [4.78, 5) is 26.6. The maximum absolute atomic E-state index is 12.6. The van der Waals surface area contributed by atoms with Gasteiger partial charge in [0.1, 0.15) is 6.33 Å². The third kappa shape index (κ3) is 3.72. The number of hydrogen-bond acceptors (Lipinski definition) is 4. The Kier molecular flexibility index (Phi) is 4.86. The number of rotatable bonds is 3. The van der Waals surface area contributed by atoms with E-state index in [1.54, 1.807) is 12.4 Å². The number of pyridine rings is 1. The third-order valence-electron chi connectivity index (χ3n) is 5.17. The number of carbonyl (C=O) groups excluding carboxylic acids is 1. The molecule has 0 aliphatic carbocycles. The Hall–Kier alpha value is -2.82. The molecule has 2 aromatic heterocycles. The lowest BCUT2D eigenvalue weighted by Gasteiger charge is -2.20. The molecule has 3 aromatic rings. The smallest absolute Gasteiger partial charge is 0.256 e. The van der Waals surface area contributed by atoms with Crippen LogP contribution in [-0.4, -0.2) is 38.8 Å². The Morgan fingerprint density at radius 1 is 1.00 bits per heavy atom. The van der Waals surface area contributed by atoms with Gasteiger partial charge in [-0.25, -0.2) is 9.97 Å². The quantitative estimate of drug-likeness (QED) is 0.728. The molecule has 1 aliphatic heterocycles. The standard InChI is InChI=1S/C21H22N4O/c26-21(20-13-23-15-24-14-20)25-8-1-2-16(6-9-25)10-17-3-4-19-12-22-7-5-18(19)11-17/h3-5,7,11-16H,1-2,6,8-10H2/t16-/m0/s1. The lowest BCUT2D eigenvalue weighted by molar-refractivity contribution is 0.0759. The predicted octanol–water partition coefficient (Wildman–Crippen LogP) is 3.51. The molecule has 0 saturated carbocycles. The fourth-order valence-corrected chi connectivity index (χ4v) is 3.76. The van der Waals surface area contributed by atoms with E-state index in [2.05, 4.69) is 39.2 Å². The SMILES string of the molecule is O=C(c1cncnc1)N1CCC[C@H](Cc2ccc3cnccc3c2)CC1. The first kappa shape index (κ1) is 16.6. The van der Waals surface area contributed by atoms with Crippen LogP contribution in [0.3, 0.4) is 0 Å². The minimum Gasteiger partial charge on any atom is -0.339 e. The normalized spacial score (nSPS) is 17.8. The molecule has 1 fully saturated rings. The zero-order valence-corrected chi connectivity index (χ0v) is 14.7. The van der Waals surface area contributed by atoms with Crippen molar-refractivity contribution in [3.8, 4) is 0 Å². The molecule has 26 heavy (non-hydrogen) atoms. The molecule has 1 aromatic carbocycles. The van der Waals surface area contributed by atoms with Crippen molar-refractivity contribution >= 4 is 16.7 Å². The molecular weight excluding hydrogens is 324 g/mol. The molecule has 3 heterocycles. The van der Waals surface area contributed by atoms with Gasteiger partial charge in [-0.3, -0.25) is 9.78 Å². The molecule has 1 amide bonds. The summed E-state index contributed by atoms with van der Waals surface area (Å²) < 4.78 is 0. The van der Waals surface area contributed by atoms with Crippen LogP contribution in [0.5, 0.6) is 0 Å². The zero-order chi connectivity index (χ0) is 17.8. The van der Waals surface area contributed by atoms with E-state index in [-0.39, 0.29) is 5.91 Å². The molecule has 0 bridgehead atoms. The molecule has 0 radical (unpaired) electrons. The number of benzene rings is 1. The van der Waals surface area contributed by atoms with Crippen molar-refractivity contribution < 1.29 is 4.79 Å². The number of aromatic nitrogens is 3. The molecule has 132 valence electrons. The molecule has 4 rings (SSSR count). The van der Waals surface area contributed by atoms with Crippen molar-refractivity contribution in [3.05, 3.63) is 66.5 Å². The number of nitrogens with zero attached hydrogens (tertiary/aromatic N) is 4. The molecule has 1 atom stereocenters. The van der Waals surface area contributed by atoms with E-state index in [4.69, 9.17) is 0 Å². The van der Waals surface area contributed by atoms with Crippen LogP contribution in [-0.2, 0) is 6.42 Å². The number of carbonyl (C=O) groups is 1. The Morgan fingerprint density at radius 2 is 1.88 bits per heavy atom. The highest BCUT2D eigenvalue weighted by Crippen LogP contribution is 2.24. The highest BCUT2D eigenvalue weighted by molar-refractivity contribution is 5.93. The van der Waals surface area contributed by atoms with Gasteiger partial charge in [0, 0.05) is 43.3 Å². The molecular formula is C21H22N4O. The van der Waals surface area contributed by atoms with Crippen LogP contribution in [0.2, 0.25) is 0 Å². The van der Waals surface area contributed by atoms with Crippen molar-refractivity contribution in [2.75, 3.05) is 13.1 Å². The second kappa shape index (κ2) is 7.60. The Balaban J connectivity index is 1.41. The van der Waals surface area contributed by atoms with Crippen LogP contribution in [0, 0.1) is 5.92 Å². The van der Waals surface area contributed by atoms with Gasteiger partial charge in [-0.2, -0.15) is 0 Å². The topological polar surface area (TPSA) is 59.0 Å². The summed E-state index contributed by atoms with van der Waals surface area (Å²) in [5.74, 6) is 0.656. The van der Waals surface area contributed by atoms with E-state index in [1.807, 2.05) is 17.3 Å². The van der Waals surface area contributed by atoms with Gasteiger partial charge in [-0.05, 0) is 48.6 Å². The average Bonchev–Trinajstić information content (AvgIpc) is 2.93. The number of hydrogen-bond donors (Lipinski definition) is 0. The minimum absolute atomic E-state index is 0.0458. The fourth-order valence-electron chi connectivity index (χ4n) is 3.76. The number of fused-ring (bicyclic) bond motifs is 1. The lowest BCUT2D eigenvalue weighted by Crippen LogP contribution is -2.32. The van der Waals surface area contributed by atoms with Crippen molar-refractivity contribution in [2.24, 2.45) is 5.92 Å². The summed E-state index contributed by atoms with van der Waals surface area (Å²) in [5, 5.41) is 2.42. The van der Waals surface area contributed by atoms with Gasteiger partial charge in [-0.1, -0.05) is 18.2 Å². The molecule has 1 aliphatic rings. The maximum atomic E-state index is 12.6. The summed E-state index contributed by atoms with van der Waals surface area (Å²) in [6.45, 7) is 1.61. The van der Waals surface area contributed by atoms with Crippen molar-refractivity contribution in [3.63, 3.8) is 0 Å². The number of amides is 1. The Labute approximate surface area is 153 Å². The van der Waals surface area contributed by atoms with Gasteiger partial charge in [0.05, 0.1) is 5.56 Å². The highest BCUT2D eigenvalue weighted by atomic mass is 16.2. The second-order valence-electron chi connectivity index (χ2n) is 6.98. The van der Waals surface area contributed by atoms with E-state index in [0.717, 1.165) is 38.8 Å². The van der Waals surface area contributed by atoms with Crippen molar-refractivity contribution in [1.82, 2.24) is 19.9 Å². The Morgan fingerprint density at radius 3 is 2.77 bits per heavy atom. The maximum Gasteiger partial charge on any atom is 0.256 e. The van der Waals surface area contributed by atoms with E-state index in [9.17, 15) is 4.79 Å². The molecule has 0 N–H and O–H groups in total. The van der Waals surface area contributed by atoms with Crippen LogP contribution < -0.4 is 0 Å². The first-order chi connectivity index (χ1) is 12.8. The van der Waals surface area contributed by atoms with E-state index >= 15 is 0 Å². The second-order valence-corrected chi connectivity index (χ2v) is 6.98. The number of likely N-dealkylation sites (tertiary alicyclic amines) is 1. The fraction of sp³-hybridized carbons (Fsp3) is 0.333. The summed E-state index contributed by atoms with van der Waals surface area (Å²) >= 11 is 0. The molecule has 1 saturated heterocycles. The van der Waals surface area contributed by atoms with E-state index in [0.29, 0.717) is 11.5 Å². The largest absolute Gasteiger partial charge is 0.339 e. The van der Waals surface area contributed by atoms with Crippen LogP contribution in [0.15, 0.2) is 55.4 Å².